The molecule has 0 bridgehead atoms. The van der Waals surface area contributed by atoms with Crippen LogP contribution in [-0.2, 0) is 16.0 Å². The number of aromatic nitrogens is 1. The summed E-state index contributed by atoms with van der Waals surface area (Å²) in [6, 6.07) is 3.85. The molecular formula is C16H20N2O3. The molecule has 5 heteroatoms. The van der Waals surface area contributed by atoms with Crippen molar-refractivity contribution >= 4 is 11.9 Å². The lowest BCUT2D eigenvalue weighted by Gasteiger charge is -2.32. The van der Waals surface area contributed by atoms with Crippen molar-refractivity contribution in [3.05, 3.63) is 29.6 Å². The molecular weight excluding hydrogens is 268 g/mol. The van der Waals surface area contributed by atoms with Crippen LogP contribution in [0.25, 0.3) is 0 Å². The molecule has 1 saturated heterocycles. The van der Waals surface area contributed by atoms with E-state index in [1.807, 2.05) is 24.0 Å². The Balaban J connectivity index is 1.54. The van der Waals surface area contributed by atoms with Gasteiger partial charge in [0.1, 0.15) is 0 Å². The number of amides is 1. The summed E-state index contributed by atoms with van der Waals surface area (Å²) in [4.78, 5) is 29.4. The molecule has 2 fully saturated rings. The number of likely N-dealkylation sites (tertiary alicyclic amines) is 1. The Bertz CT molecular complexity index is 559. The average molecular weight is 288 g/mol. The van der Waals surface area contributed by atoms with Crippen LogP contribution in [-0.4, -0.2) is 40.0 Å². The van der Waals surface area contributed by atoms with Crippen LogP contribution in [0.3, 0.4) is 0 Å². The number of hydrogen-bond donors (Lipinski definition) is 1. The molecule has 1 aliphatic carbocycles. The summed E-state index contributed by atoms with van der Waals surface area (Å²) in [6.45, 7) is 3.29. The molecule has 2 heterocycles. The normalized spacial score (nSPS) is 23.1. The maximum atomic E-state index is 12.3. The number of carbonyl (C=O) groups is 2. The minimum Gasteiger partial charge on any atom is -0.481 e. The number of carboxylic acid groups (broad SMARTS) is 1. The first-order valence-corrected chi connectivity index (χ1v) is 7.42. The average Bonchev–Trinajstić information content (AvgIpc) is 3.16. The fraction of sp³-hybridized carbons (Fsp3) is 0.562. The maximum Gasteiger partial charge on any atom is 0.307 e. The highest BCUT2D eigenvalue weighted by Gasteiger charge is 2.59. The molecule has 5 nitrogen and oxygen atoms in total. The Morgan fingerprint density at radius 2 is 2.10 bits per heavy atom. The van der Waals surface area contributed by atoms with Crippen molar-refractivity contribution in [2.24, 2.45) is 11.3 Å². The summed E-state index contributed by atoms with van der Waals surface area (Å²) in [6.07, 6.45) is 4.55. The van der Waals surface area contributed by atoms with Crippen molar-refractivity contribution in [1.82, 2.24) is 9.88 Å². The monoisotopic (exact) mass is 288 g/mol. The highest BCUT2D eigenvalue weighted by atomic mass is 16.4. The molecule has 0 radical (unpaired) electrons. The number of rotatable bonds is 3. The second kappa shape index (κ2) is 5.13. The molecule has 1 aromatic rings. The van der Waals surface area contributed by atoms with Gasteiger partial charge in [0.15, 0.2) is 0 Å². The van der Waals surface area contributed by atoms with Crippen molar-refractivity contribution < 1.29 is 14.7 Å². The lowest BCUT2D eigenvalue weighted by atomic mass is 9.90. The van der Waals surface area contributed by atoms with Crippen LogP contribution >= 0.6 is 0 Å². The summed E-state index contributed by atoms with van der Waals surface area (Å²) in [7, 11) is 0. The summed E-state index contributed by atoms with van der Waals surface area (Å²) in [5, 5.41) is 9.08. The van der Waals surface area contributed by atoms with Gasteiger partial charge in [-0.3, -0.25) is 14.6 Å². The van der Waals surface area contributed by atoms with Gasteiger partial charge in [-0.25, -0.2) is 0 Å². The van der Waals surface area contributed by atoms with E-state index in [0.717, 1.165) is 30.5 Å². The molecule has 1 N–H and O–H groups in total. The van der Waals surface area contributed by atoms with E-state index in [0.29, 0.717) is 19.5 Å². The first-order valence-electron chi connectivity index (χ1n) is 7.42. The van der Waals surface area contributed by atoms with Crippen molar-refractivity contribution in [3.8, 4) is 0 Å². The van der Waals surface area contributed by atoms with Crippen molar-refractivity contribution in [2.75, 3.05) is 13.1 Å². The molecule has 3 rings (SSSR count). The zero-order valence-corrected chi connectivity index (χ0v) is 12.2. The van der Waals surface area contributed by atoms with Gasteiger partial charge in [-0.1, -0.05) is 6.07 Å². The topological polar surface area (TPSA) is 70.5 Å². The van der Waals surface area contributed by atoms with Crippen LogP contribution in [0.1, 0.15) is 30.5 Å². The standard InChI is InChI=1S/C16H20N2O3/c1-11-2-3-12(10-17-11)8-14(19)18-6-4-16(5-7-18)9-13(16)15(20)21/h2-3,10,13H,4-9H2,1H3,(H,20,21). The highest BCUT2D eigenvalue weighted by molar-refractivity contribution is 5.79. The summed E-state index contributed by atoms with van der Waals surface area (Å²) < 4.78 is 0. The predicted octanol–water partition coefficient (Wildman–Crippen LogP) is 1.65. The third-order valence-corrected chi connectivity index (χ3v) is 4.93. The van der Waals surface area contributed by atoms with Gasteiger partial charge >= 0.3 is 5.97 Å². The van der Waals surface area contributed by atoms with E-state index in [1.165, 1.54) is 0 Å². The van der Waals surface area contributed by atoms with Gasteiger partial charge in [-0.05, 0) is 43.2 Å². The summed E-state index contributed by atoms with van der Waals surface area (Å²) in [5.74, 6) is -0.750. The highest BCUT2D eigenvalue weighted by Crippen LogP contribution is 2.59. The molecule has 21 heavy (non-hydrogen) atoms. The van der Waals surface area contributed by atoms with E-state index < -0.39 is 5.97 Å². The van der Waals surface area contributed by atoms with Crippen LogP contribution in [0, 0.1) is 18.3 Å². The molecule has 1 saturated carbocycles. The number of carbonyl (C=O) groups excluding carboxylic acids is 1. The number of aryl methyl sites for hydroxylation is 1. The van der Waals surface area contributed by atoms with Crippen molar-refractivity contribution in [1.29, 1.82) is 0 Å². The predicted molar refractivity (Wildman–Crippen MR) is 76.7 cm³/mol. The van der Waals surface area contributed by atoms with Gasteiger partial charge < -0.3 is 10.0 Å². The SMILES string of the molecule is Cc1ccc(CC(=O)N2CCC3(CC2)CC3C(=O)O)cn1. The van der Waals surface area contributed by atoms with Gasteiger partial charge in [0.05, 0.1) is 12.3 Å². The number of hydrogen-bond acceptors (Lipinski definition) is 3. The number of nitrogens with zero attached hydrogens (tertiary/aromatic N) is 2. The van der Waals surface area contributed by atoms with E-state index in [2.05, 4.69) is 4.98 Å². The van der Waals surface area contributed by atoms with Gasteiger partial charge in [0.2, 0.25) is 5.91 Å². The molecule has 1 unspecified atom stereocenters. The number of pyridine rings is 1. The number of piperidine rings is 1. The quantitative estimate of drug-likeness (QED) is 0.918. The molecule has 1 aliphatic heterocycles. The zero-order valence-electron chi connectivity index (χ0n) is 12.2. The van der Waals surface area contributed by atoms with Crippen LogP contribution in [0.4, 0.5) is 0 Å². The number of carboxylic acids is 1. The third kappa shape index (κ3) is 2.77. The summed E-state index contributed by atoms with van der Waals surface area (Å²) >= 11 is 0. The fourth-order valence-electron chi connectivity index (χ4n) is 3.34. The first kappa shape index (κ1) is 14.0. The first-order chi connectivity index (χ1) is 10.00. The van der Waals surface area contributed by atoms with Crippen molar-refractivity contribution in [3.63, 3.8) is 0 Å². The van der Waals surface area contributed by atoms with Crippen LogP contribution in [0.2, 0.25) is 0 Å². The third-order valence-electron chi connectivity index (χ3n) is 4.93. The van der Waals surface area contributed by atoms with E-state index >= 15 is 0 Å². The van der Waals surface area contributed by atoms with Gasteiger partial charge in [0.25, 0.3) is 0 Å². The second-order valence-corrected chi connectivity index (χ2v) is 6.32. The fourth-order valence-corrected chi connectivity index (χ4v) is 3.34. The van der Waals surface area contributed by atoms with Gasteiger partial charge in [-0.2, -0.15) is 0 Å². The molecule has 2 aliphatic rings. The van der Waals surface area contributed by atoms with E-state index in [1.54, 1.807) is 6.20 Å². The molecule has 1 aromatic heterocycles. The van der Waals surface area contributed by atoms with E-state index in [9.17, 15) is 9.59 Å². The van der Waals surface area contributed by atoms with Crippen LogP contribution in [0.5, 0.6) is 0 Å². The molecule has 0 aromatic carbocycles. The minimum atomic E-state index is -0.680. The Morgan fingerprint density at radius 3 is 2.62 bits per heavy atom. The second-order valence-electron chi connectivity index (χ2n) is 6.32. The number of aliphatic carboxylic acids is 1. The van der Waals surface area contributed by atoms with Crippen LogP contribution in [0.15, 0.2) is 18.3 Å². The largest absolute Gasteiger partial charge is 0.481 e. The zero-order chi connectivity index (χ0) is 15.0. The summed E-state index contributed by atoms with van der Waals surface area (Å²) in [5.41, 5.74) is 1.86. The van der Waals surface area contributed by atoms with Gasteiger partial charge in [0, 0.05) is 25.0 Å². The lowest BCUT2D eigenvalue weighted by Crippen LogP contribution is -2.40. The van der Waals surface area contributed by atoms with E-state index in [-0.39, 0.29) is 17.2 Å². The maximum absolute atomic E-state index is 12.3. The molecule has 1 spiro atoms. The molecule has 1 amide bonds. The van der Waals surface area contributed by atoms with Crippen LogP contribution < -0.4 is 0 Å². The molecule has 112 valence electrons. The Labute approximate surface area is 124 Å². The van der Waals surface area contributed by atoms with Gasteiger partial charge in [-0.15, -0.1) is 0 Å². The molecule has 1 atom stereocenters. The Morgan fingerprint density at radius 1 is 1.38 bits per heavy atom. The Kier molecular flexibility index (Phi) is 3.43. The Hall–Kier alpha value is -1.91. The lowest BCUT2D eigenvalue weighted by molar-refractivity contribution is -0.139. The smallest absolute Gasteiger partial charge is 0.307 e. The minimum absolute atomic E-state index is 0.0198. The van der Waals surface area contributed by atoms with Crippen molar-refractivity contribution in [2.45, 2.75) is 32.6 Å². The van der Waals surface area contributed by atoms with E-state index in [4.69, 9.17) is 5.11 Å².